The van der Waals surface area contributed by atoms with Gasteiger partial charge in [-0.3, -0.25) is 23.6 Å². The highest BCUT2D eigenvalue weighted by molar-refractivity contribution is 6.32. The summed E-state index contributed by atoms with van der Waals surface area (Å²) < 4.78 is 19.9. The van der Waals surface area contributed by atoms with Gasteiger partial charge in [0.1, 0.15) is 5.02 Å². The molecule has 4 aromatic heterocycles. The molecule has 0 aliphatic carbocycles. The largest absolute Gasteiger partial charge is 0.390 e. The summed E-state index contributed by atoms with van der Waals surface area (Å²) in [5, 5.41) is 22.6. The number of benzene rings is 2. The van der Waals surface area contributed by atoms with E-state index in [1.54, 1.807) is 48.0 Å². The molecule has 1 aliphatic heterocycles. The lowest BCUT2D eigenvalue weighted by atomic mass is 9.93. The number of fused-ring (bicyclic) bond motifs is 2. The highest BCUT2D eigenvalue weighted by Gasteiger charge is 2.28. The van der Waals surface area contributed by atoms with Crippen LogP contribution in [0.5, 0.6) is 0 Å². The van der Waals surface area contributed by atoms with E-state index in [1.807, 2.05) is 41.4 Å². The molecule has 0 spiro atoms. The number of anilines is 4. The number of rotatable bonds is 9. The summed E-state index contributed by atoms with van der Waals surface area (Å²) >= 11 is 6.56. The lowest BCUT2D eigenvalue weighted by Crippen LogP contribution is -2.46. The molecule has 5 heterocycles. The van der Waals surface area contributed by atoms with Gasteiger partial charge in [0.25, 0.3) is 5.56 Å². The Morgan fingerprint density at radius 3 is 2.58 bits per heavy atom. The second-order valence-electron chi connectivity index (χ2n) is 14.0. The molecule has 0 unspecified atom stereocenters. The minimum Gasteiger partial charge on any atom is -0.390 e. The second kappa shape index (κ2) is 13.2. The van der Waals surface area contributed by atoms with Gasteiger partial charge in [-0.2, -0.15) is 14.5 Å². The summed E-state index contributed by atoms with van der Waals surface area (Å²) in [5.41, 5.74) is 0.872. The molecule has 2 aromatic carbocycles. The molecule has 0 amide bonds. The third-order valence-corrected chi connectivity index (χ3v) is 9.86. The first-order valence-corrected chi connectivity index (χ1v) is 17.3. The van der Waals surface area contributed by atoms with Gasteiger partial charge in [0.05, 0.1) is 34.5 Å². The quantitative estimate of drug-likeness (QED) is 0.171. The number of nitrogens with one attached hydrogen (secondary N) is 3. The van der Waals surface area contributed by atoms with Gasteiger partial charge in [-0.25, -0.2) is 19.1 Å². The molecule has 272 valence electrons. The van der Waals surface area contributed by atoms with Crippen LogP contribution < -0.4 is 32.5 Å². The zero-order valence-electron chi connectivity index (χ0n) is 29.3. The number of hydrogen-bond acceptors (Lipinski definition) is 10. The lowest BCUT2D eigenvalue weighted by molar-refractivity contribution is 0.0662. The third-order valence-electron chi connectivity index (χ3n) is 9.59. The Balaban J connectivity index is 1.06. The van der Waals surface area contributed by atoms with Crippen LogP contribution in [0.15, 0.2) is 63.2 Å². The Hall–Kier alpha value is -5.48. The van der Waals surface area contributed by atoms with Crippen molar-refractivity contribution in [3.05, 3.63) is 91.0 Å². The average Bonchev–Trinajstić information content (AvgIpc) is 3.54. The number of aryl methyl sites for hydroxylation is 3. The number of piperidine rings is 1. The van der Waals surface area contributed by atoms with Gasteiger partial charge in [-0.1, -0.05) is 18.5 Å². The van der Waals surface area contributed by atoms with Crippen LogP contribution in [0.25, 0.3) is 27.8 Å². The molecule has 1 fully saturated rings. The van der Waals surface area contributed by atoms with Crippen LogP contribution in [0.4, 0.5) is 27.5 Å². The van der Waals surface area contributed by atoms with Gasteiger partial charge >= 0.3 is 11.4 Å². The molecular weight excluding hydrogens is 693 g/mol. The fourth-order valence-electron chi connectivity index (χ4n) is 6.69. The van der Waals surface area contributed by atoms with E-state index in [9.17, 15) is 23.9 Å². The van der Waals surface area contributed by atoms with Crippen LogP contribution in [0.1, 0.15) is 33.6 Å². The molecule has 17 heteroatoms. The van der Waals surface area contributed by atoms with Crippen LogP contribution in [0.2, 0.25) is 5.02 Å². The summed E-state index contributed by atoms with van der Waals surface area (Å²) in [7, 11) is 3.46. The van der Waals surface area contributed by atoms with E-state index < -0.39 is 22.7 Å². The summed E-state index contributed by atoms with van der Waals surface area (Å²) in [6.07, 6.45) is 3.64. The molecule has 0 radical (unpaired) electrons. The van der Waals surface area contributed by atoms with E-state index in [2.05, 4.69) is 32.5 Å². The predicted molar refractivity (Wildman–Crippen MR) is 199 cm³/mol. The van der Waals surface area contributed by atoms with Crippen molar-refractivity contribution in [2.75, 3.05) is 28.6 Å². The highest BCUT2D eigenvalue weighted by atomic mass is 35.5. The maximum atomic E-state index is 14.0. The summed E-state index contributed by atoms with van der Waals surface area (Å²) in [4.78, 5) is 50.3. The SMILES string of the molecule is C[C@@H]1CN(c2ncc(Cl)c(Nc3ccc4c(c3)n(CCC(C)(C)O)c(=O)n4C)n2)CC[C@H]1Nc1ccc2c(-n3cc(F)c(=O)[nH]c3=O)nn(C)c2c1. The van der Waals surface area contributed by atoms with Crippen LogP contribution >= 0.6 is 11.6 Å². The van der Waals surface area contributed by atoms with Gasteiger partial charge in [-0.15, -0.1) is 0 Å². The van der Waals surface area contributed by atoms with Crippen LogP contribution in [0, 0.1) is 11.7 Å². The molecule has 0 bridgehead atoms. The topological polar surface area (TPSA) is 173 Å². The first-order valence-electron chi connectivity index (χ1n) is 16.9. The van der Waals surface area contributed by atoms with Crippen molar-refractivity contribution in [1.82, 2.24) is 38.4 Å². The van der Waals surface area contributed by atoms with Crippen molar-refractivity contribution in [3.8, 4) is 5.82 Å². The summed E-state index contributed by atoms with van der Waals surface area (Å²) in [5.74, 6) is 0.316. The number of aromatic amines is 1. The van der Waals surface area contributed by atoms with E-state index in [-0.39, 0.29) is 23.5 Å². The van der Waals surface area contributed by atoms with Crippen molar-refractivity contribution in [3.63, 3.8) is 0 Å². The predicted octanol–water partition coefficient (Wildman–Crippen LogP) is 3.88. The summed E-state index contributed by atoms with van der Waals surface area (Å²) in [6.45, 7) is 7.33. The van der Waals surface area contributed by atoms with Gasteiger partial charge < -0.3 is 20.6 Å². The monoisotopic (exact) mass is 731 g/mol. The first-order chi connectivity index (χ1) is 24.7. The van der Waals surface area contributed by atoms with Gasteiger partial charge in [0.15, 0.2) is 11.6 Å². The summed E-state index contributed by atoms with van der Waals surface area (Å²) in [6, 6.07) is 11.4. The molecule has 6 aromatic rings. The Bertz CT molecular complexity index is 2510. The molecule has 0 saturated carbocycles. The minimum absolute atomic E-state index is 0.133. The van der Waals surface area contributed by atoms with E-state index in [1.165, 1.54) is 0 Å². The number of aromatic nitrogens is 8. The molecular formula is C35H39ClFN11O4. The Morgan fingerprint density at radius 1 is 1.08 bits per heavy atom. The van der Waals surface area contributed by atoms with E-state index >= 15 is 0 Å². The standard InChI is InChI=1S/C35H39ClFN11O4/c1-19-17-46(12-10-25(19)39-20-6-8-22-27(14-20)45(5)43-30(22)48-18-24(37)31(49)42-33(48)50)32-38-16-23(36)29(41-32)40-21-7-9-26-28(15-21)47(34(51)44(26)4)13-11-35(2,3)52/h6-9,14-16,18-19,25,39,52H,10-13,17H2,1-5H3,(H,38,40,41)(H,42,49,50)/t19-,25-/m1/s1. The minimum atomic E-state index is -1.08. The van der Waals surface area contributed by atoms with Crippen LogP contribution in [-0.4, -0.2) is 68.3 Å². The maximum absolute atomic E-state index is 14.0. The number of nitrogens with zero attached hydrogens (tertiary/aromatic N) is 8. The molecule has 7 rings (SSSR count). The number of aliphatic hydroxyl groups is 1. The van der Waals surface area contributed by atoms with Gasteiger partial charge in [-0.05, 0) is 69.0 Å². The lowest BCUT2D eigenvalue weighted by Gasteiger charge is -2.37. The molecule has 4 N–H and O–H groups in total. The highest BCUT2D eigenvalue weighted by Crippen LogP contribution is 2.31. The van der Waals surface area contributed by atoms with E-state index in [4.69, 9.17) is 16.6 Å². The first kappa shape index (κ1) is 34.9. The third kappa shape index (κ3) is 6.66. The van der Waals surface area contributed by atoms with Crippen molar-refractivity contribution in [2.24, 2.45) is 20.0 Å². The average molecular weight is 732 g/mol. The molecule has 1 aliphatic rings. The smallest absolute Gasteiger partial charge is 0.334 e. The fraction of sp³-hybridized carbons (Fsp3) is 0.371. The van der Waals surface area contributed by atoms with Crippen molar-refractivity contribution >= 4 is 56.7 Å². The molecule has 2 atom stereocenters. The van der Waals surface area contributed by atoms with Crippen LogP contribution in [-0.2, 0) is 20.6 Å². The Morgan fingerprint density at radius 2 is 1.83 bits per heavy atom. The van der Waals surface area contributed by atoms with E-state index in [0.717, 1.165) is 39.4 Å². The Labute approximate surface area is 301 Å². The van der Waals surface area contributed by atoms with Crippen molar-refractivity contribution < 1.29 is 9.50 Å². The van der Waals surface area contributed by atoms with Gasteiger partial charge in [0.2, 0.25) is 11.8 Å². The van der Waals surface area contributed by atoms with Gasteiger partial charge in [0, 0.05) is 56.5 Å². The van der Waals surface area contributed by atoms with Crippen molar-refractivity contribution in [2.45, 2.75) is 51.8 Å². The van der Waals surface area contributed by atoms with E-state index in [0.29, 0.717) is 53.9 Å². The normalized spacial score (nSPS) is 16.6. The van der Waals surface area contributed by atoms with Crippen molar-refractivity contribution in [1.29, 1.82) is 0 Å². The number of imidazole rings is 1. The molecule has 52 heavy (non-hydrogen) atoms. The molecule has 1 saturated heterocycles. The Kier molecular flexibility index (Phi) is 8.90. The zero-order valence-corrected chi connectivity index (χ0v) is 30.1. The second-order valence-corrected chi connectivity index (χ2v) is 14.4. The maximum Gasteiger partial charge on any atom is 0.334 e. The molecule has 15 nitrogen and oxygen atoms in total. The number of H-pyrrole nitrogens is 1. The number of halogens is 2. The van der Waals surface area contributed by atoms with Crippen LogP contribution in [0.3, 0.4) is 0 Å². The zero-order chi connectivity index (χ0) is 37.1. The number of hydrogen-bond donors (Lipinski definition) is 4. The fourth-order valence-corrected chi connectivity index (χ4v) is 6.83.